The standard InChI is InChI=1S/C21H24ClNO4/c1-14(12-27-13-15-4-6-17(25-2)7-5-15)10-23-11-16-8-20(26-3)19(22)9-18(16)21(23)24/h4-9,14H,10-13H2,1-3H3/t14-/m1/s1. The lowest BCUT2D eigenvalue weighted by Gasteiger charge is -2.20. The van der Waals surface area contributed by atoms with E-state index in [1.165, 1.54) is 0 Å². The van der Waals surface area contributed by atoms with E-state index in [0.29, 0.717) is 42.6 Å². The zero-order chi connectivity index (χ0) is 19.4. The molecular weight excluding hydrogens is 366 g/mol. The molecule has 0 saturated carbocycles. The number of amides is 1. The third-order valence-corrected chi connectivity index (χ3v) is 4.91. The van der Waals surface area contributed by atoms with Gasteiger partial charge in [-0.05, 0) is 41.3 Å². The zero-order valence-electron chi connectivity index (χ0n) is 15.8. The van der Waals surface area contributed by atoms with E-state index in [9.17, 15) is 4.79 Å². The Labute approximate surface area is 164 Å². The van der Waals surface area contributed by atoms with Crippen LogP contribution in [-0.2, 0) is 17.9 Å². The van der Waals surface area contributed by atoms with Crippen molar-refractivity contribution >= 4 is 17.5 Å². The Morgan fingerprint density at radius 2 is 1.89 bits per heavy atom. The van der Waals surface area contributed by atoms with Gasteiger partial charge in [0.1, 0.15) is 11.5 Å². The molecule has 1 atom stereocenters. The molecule has 0 spiro atoms. The third kappa shape index (κ3) is 4.54. The highest BCUT2D eigenvalue weighted by Gasteiger charge is 2.29. The number of benzene rings is 2. The lowest BCUT2D eigenvalue weighted by Crippen LogP contribution is -2.30. The van der Waals surface area contributed by atoms with Crippen LogP contribution in [0.15, 0.2) is 36.4 Å². The molecular formula is C21H24ClNO4. The monoisotopic (exact) mass is 389 g/mol. The van der Waals surface area contributed by atoms with E-state index in [-0.39, 0.29) is 11.8 Å². The third-order valence-electron chi connectivity index (χ3n) is 4.62. The number of carbonyl (C=O) groups is 1. The van der Waals surface area contributed by atoms with E-state index >= 15 is 0 Å². The summed E-state index contributed by atoms with van der Waals surface area (Å²) in [4.78, 5) is 14.4. The largest absolute Gasteiger partial charge is 0.497 e. The van der Waals surface area contributed by atoms with Gasteiger partial charge in [-0.25, -0.2) is 0 Å². The van der Waals surface area contributed by atoms with Crippen LogP contribution in [0.3, 0.4) is 0 Å². The minimum absolute atomic E-state index is 0.0107. The van der Waals surface area contributed by atoms with Crippen LogP contribution in [0.25, 0.3) is 0 Å². The second-order valence-corrected chi connectivity index (χ2v) is 7.21. The van der Waals surface area contributed by atoms with Crippen LogP contribution in [0, 0.1) is 5.92 Å². The van der Waals surface area contributed by atoms with Crippen molar-refractivity contribution in [1.29, 1.82) is 0 Å². The first-order chi connectivity index (χ1) is 13.0. The lowest BCUT2D eigenvalue weighted by atomic mass is 10.1. The molecule has 0 aliphatic carbocycles. The fourth-order valence-corrected chi connectivity index (χ4v) is 3.45. The van der Waals surface area contributed by atoms with E-state index in [1.54, 1.807) is 20.3 Å². The maximum absolute atomic E-state index is 12.6. The Kier molecular flexibility index (Phi) is 6.24. The Hall–Kier alpha value is -2.24. The minimum Gasteiger partial charge on any atom is -0.497 e. The van der Waals surface area contributed by atoms with Crippen LogP contribution in [0.5, 0.6) is 11.5 Å². The molecule has 2 aromatic carbocycles. The number of fused-ring (bicyclic) bond motifs is 1. The normalized spacial score (nSPS) is 14.2. The Morgan fingerprint density at radius 1 is 1.15 bits per heavy atom. The van der Waals surface area contributed by atoms with Crippen molar-refractivity contribution in [2.45, 2.75) is 20.1 Å². The van der Waals surface area contributed by atoms with E-state index in [4.69, 9.17) is 25.8 Å². The van der Waals surface area contributed by atoms with Crippen molar-refractivity contribution < 1.29 is 19.0 Å². The average Bonchev–Trinajstić information content (AvgIpc) is 2.96. The van der Waals surface area contributed by atoms with Crippen molar-refractivity contribution in [3.05, 3.63) is 58.1 Å². The van der Waals surface area contributed by atoms with Gasteiger partial charge in [0.25, 0.3) is 5.91 Å². The highest BCUT2D eigenvalue weighted by Crippen LogP contribution is 2.33. The number of hydrogen-bond acceptors (Lipinski definition) is 4. The molecule has 2 aromatic rings. The van der Waals surface area contributed by atoms with Crippen molar-refractivity contribution in [3.63, 3.8) is 0 Å². The van der Waals surface area contributed by atoms with Gasteiger partial charge in [0.15, 0.2) is 0 Å². The number of methoxy groups -OCH3 is 2. The molecule has 0 radical (unpaired) electrons. The summed E-state index contributed by atoms with van der Waals surface area (Å²) in [6.07, 6.45) is 0. The SMILES string of the molecule is COc1ccc(COC[C@H](C)CN2Cc3cc(OC)c(Cl)cc3C2=O)cc1. The fourth-order valence-electron chi connectivity index (χ4n) is 3.21. The molecule has 0 N–H and O–H groups in total. The van der Waals surface area contributed by atoms with Gasteiger partial charge in [-0.3, -0.25) is 4.79 Å². The van der Waals surface area contributed by atoms with E-state index in [0.717, 1.165) is 16.9 Å². The molecule has 3 rings (SSSR count). The van der Waals surface area contributed by atoms with Crippen LogP contribution in [0.2, 0.25) is 5.02 Å². The average molecular weight is 390 g/mol. The van der Waals surface area contributed by atoms with Crippen molar-refractivity contribution in [1.82, 2.24) is 4.90 Å². The summed E-state index contributed by atoms with van der Waals surface area (Å²) < 4.78 is 16.2. The summed E-state index contributed by atoms with van der Waals surface area (Å²) in [7, 11) is 3.22. The molecule has 0 aromatic heterocycles. The Bertz CT molecular complexity index is 807. The molecule has 0 saturated heterocycles. The predicted molar refractivity (Wildman–Crippen MR) is 105 cm³/mol. The minimum atomic E-state index is 0.0107. The van der Waals surface area contributed by atoms with Crippen LogP contribution < -0.4 is 9.47 Å². The van der Waals surface area contributed by atoms with Crippen LogP contribution in [0.1, 0.15) is 28.4 Å². The smallest absolute Gasteiger partial charge is 0.254 e. The van der Waals surface area contributed by atoms with Crippen LogP contribution in [0.4, 0.5) is 0 Å². The lowest BCUT2D eigenvalue weighted by molar-refractivity contribution is 0.0613. The van der Waals surface area contributed by atoms with E-state index in [2.05, 4.69) is 6.92 Å². The van der Waals surface area contributed by atoms with Gasteiger partial charge < -0.3 is 19.1 Å². The molecule has 27 heavy (non-hydrogen) atoms. The topological polar surface area (TPSA) is 48.0 Å². The summed E-state index contributed by atoms with van der Waals surface area (Å²) in [6, 6.07) is 11.4. The van der Waals surface area contributed by atoms with Crippen molar-refractivity contribution in [2.24, 2.45) is 5.92 Å². The molecule has 1 aliphatic rings. The highest BCUT2D eigenvalue weighted by atomic mass is 35.5. The fraction of sp³-hybridized carbons (Fsp3) is 0.381. The molecule has 6 heteroatoms. The first-order valence-electron chi connectivity index (χ1n) is 8.88. The van der Waals surface area contributed by atoms with Crippen molar-refractivity contribution in [3.8, 4) is 11.5 Å². The van der Waals surface area contributed by atoms with Gasteiger partial charge in [-0.2, -0.15) is 0 Å². The highest BCUT2D eigenvalue weighted by molar-refractivity contribution is 6.32. The summed E-state index contributed by atoms with van der Waals surface area (Å²) in [5.41, 5.74) is 2.70. The van der Waals surface area contributed by atoms with Crippen LogP contribution >= 0.6 is 11.6 Å². The van der Waals surface area contributed by atoms with E-state index in [1.807, 2.05) is 35.2 Å². The maximum atomic E-state index is 12.6. The number of hydrogen-bond donors (Lipinski definition) is 0. The van der Waals surface area contributed by atoms with Gasteiger partial charge in [-0.1, -0.05) is 30.7 Å². The Balaban J connectivity index is 1.50. The number of ether oxygens (including phenoxy) is 3. The van der Waals surface area contributed by atoms with Gasteiger partial charge in [0.2, 0.25) is 0 Å². The molecule has 0 fully saturated rings. The summed E-state index contributed by atoms with van der Waals surface area (Å²) >= 11 is 6.15. The van der Waals surface area contributed by atoms with Crippen molar-refractivity contribution in [2.75, 3.05) is 27.4 Å². The number of rotatable bonds is 8. The predicted octanol–water partition coefficient (Wildman–Crippen LogP) is 4.17. The number of nitrogens with zero attached hydrogens (tertiary/aromatic N) is 1. The van der Waals surface area contributed by atoms with Crippen LogP contribution in [-0.4, -0.2) is 38.2 Å². The summed E-state index contributed by atoms with van der Waals surface area (Å²) in [6.45, 7) is 4.41. The Morgan fingerprint density at radius 3 is 2.56 bits per heavy atom. The molecule has 1 aliphatic heterocycles. The molecule has 0 unspecified atom stereocenters. The maximum Gasteiger partial charge on any atom is 0.254 e. The van der Waals surface area contributed by atoms with Gasteiger partial charge in [-0.15, -0.1) is 0 Å². The molecule has 1 amide bonds. The first kappa shape index (κ1) is 19.5. The van der Waals surface area contributed by atoms with Gasteiger partial charge in [0.05, 0.1) is 32.5 Å². The molecule has 144 valence electrons. The second kappa shape index (κ2) is 8.63. The van der Waals surface area contributed by atoms with E-state index < -0.39 is 0 Å². The number of carbonyl (C=O) groups excluding carboxylic acids is 1. The molecule has 5 nitrogen and oxygen atoms in total. The van der Waals surface area contributed by atoms with Gasteiger partial charge >= 0.3 is 0 Å². The first-order valence-corrected chi connectivity index (χ1v) is 9.26. The summed E-state index contributed by atoms with van der Waals surface area (Å²) in [5, 5.41) is 0.460. The quantitative estimate of drug-likeness (QED) is 0.680. The van der Waals surface area contributed by atoms with Gasteiger partial charge in [0, 0.05) is 18.7 Å². The second-order valence-electron chi connectivity index (χ2n) is 6.80. The molecule has 1 heterocycles. The zero-order valence-corrected chi connectivity index (χ0v) is 16.6. The number of halogens is 1. The summed E-state index contributed by atoms with van der Waals surface area (Å²) in [5.74, 6) is 1.66. The molecule has 0 bridgehead atoms.